The van der Waals surface area contributed by atoms with E-state index in [0.717, 1.165) is 5.56 Å². The van der Waals surface area contributed by atoms with Crippen molar-refractivity contribution in [2.24, 2.45) is 0 Å². The molecule has 0 radical (unpaired) electrons. The maximum absolute atomic E-state index is 12.6. The smallest absolute Gasteiger partial charge is 0.305 e. The molecule has 0 saturated heterocycles. The summed E-state index contributed by atoms with van der Waals surface area (Å²) < 4.78 is 10.5. The van der Waals surface area contributed by atoms with Crippen LogP contribution in [-0.2, 0) is 9.59 Å². The molecule has 0 bridgehead atoms. The van der Waals surface area contributed by atoms with Crippen LogP contribution < -0.4 is 14.8 Å². The van der Waals surface area contributed by atoms with Crippen LogP contribution in [0.5, 0.6) is 11.5 Å². The molecule has 0 aliphatic rings. The molecule has 2 rings (SSSR count). The van der Waals surface area contributed by atoms with E-state index in [1.54, 1.807) is 25.1 Å². The van der Waals surface area contributed by atoms with E-state index in [0.29, 0.717) is 17.1 Å². The standard InChI is InChI=1S/C20H23NO5/c1-13(14-7-5-4-6-8-14)20(24)21-16(12-19(22)23)15-9-10-17(25-2)18(11-15)26-3/h4-11,13,16H,12H2,1-3H3,(H,21,24)(H,22,23). The van der Waals surface area contributed by atoms with E-state index in [9.17, 15) is 14.7 Å². The molecule has 0 heterocycles. The summed E-state index contributed by atoms with van der Waals surface area (Å²) in [5, 5.41) is 12.1. The summed E-state index contributed by atoms with van der Waals surface area (Å²) in [6.07, 6.45) is -0.233. The molecule has 0 aliphatic carbocycles. The lowest BCUT2D eigenvalue weighted by atomic mass is 9.98. The van der Waals surface area contributed by atoms with Gasteiger partial charge < -0.3 is 19.9 Å². The summed E-state index contributed by atoms with van der Waals surface area (Å²) in [4.78, 5) is 23.9. The molecule has 1 amide bonds. The van der Waals surface area contributed by atoms with Gasteiger partial charge in [-0.1, -0.05) is 36.4 Å². The van der Waals surface area contributed by atoms with E-state index in [4.69, 9.17) is 9.47 Å². The zero-order valence-electron chi connectivity index (χ0n) is 15.1. The van der Waals surface area contributed by atoms with Gasteiger partial charge in [0.05, 0.1) is 32.6 Å². The van der Waals surface area contributed by atoms with E-state index in [1.807, 2.05) is 30.3 Å². The van der Waals surface area contributed by atoms with Crippen LogP contribution in [0.15, 0.2) is 48.5 Å². The SMILES string of the molecule is COc1ccc(C(CC(=O)O)NC(=O)C(C)c2ccccc2)cc1OC. The summed E-state index contributed by atoms with van der Waals surface area (Å²) in [6, 6.07) is 13.8. The number of carboxylic acid groups (broad SMARTS) is 1. The van der Waals surface area contributed by atoms with Gasteiger partial charge in [-0.05, 0) is 30.2 Å². The Bertz CT molecular complexity index is 760. The second-order valence-electron chi connectivity index (χ2n) is 5.91. The largest absolute Gasteiger partial charge is 0.493 e. The molecule has 6 nitrogen and oxygen atoms in total. The Hall–Kier alpha value is -3.02. The van der Waals surface area contributed by atoms with Crippen molar-refractivity contribution in [3.63, 3.8) is 0 Å². The molecule has 0 saturated carbocycles. The van der Waals surface area contributed by atoms with Crippen LogP contribution in [0, 0.1) is 0 Å². The van der Waals surface area contributed by atoms with Crippen LogP contribution in [0.4, 0.5) is 0 Å². The molecule has 0 spiro atoms. The number of hydrogen-bond donors (Lipinski definition) is 2. The lowest BCUT2D eigenvalue weighted by Crippen LogP contribution is -2.33. The summed E-state index contributed by atoms with van der Waals surface area (Å²) in [7, 11) is 3.03. The summed E-state index contributed by atoms with van der Waals surface area (Å²) >= 11 is 0. The van der Waals surface area contributed by atoms with Gasteiger partial charge in [0.1, 0.15) is 0 Å². The van der Waals surface area contributed by atoms with Crippen LogP contribution >= 0.6 is 0 Å². The maximum Gasteiger partial charge on any atom is 0.305 e. The number of amides is 1. The van der Waals surface area contributed by atoms with E-state index in [1.165, 1.54) is 14.2 Å². The van der Waals surface area contributed by atoms with Crippen molar-refractivity contribution < 1.29 is 24.2 Å². The van der Waals surface area contributed by atoms with Crippen molar-refractivity contribution in [3.8, 4) is 11.5 Å². The highest BCUT2D eigenvalue weighted by molar-refractivity contribution is 5.84. The number of nitrogens with one attached hydrogen (secondary N) is 1. The molecular formula is C20H23NO5. The quantitative estimate of drug-likeness (QED) is 0.758. The van der Waals surface area contributed by atoms with Crippen LogP contribution in [0.25, 0.3) is 0 Å². The number of aliphatic carboxylic acids is 1. The van der Waals surface area contributed by atoms with Gasteiger partial charge in [0.2, 0.25) is 5.91 Å². The zero-order chi connectivity index (χ0) is 19.1. The first-order valence-electron chi connectivity index (χ1n) is 8.25. The first kappa shape index (κ1) is 19.3. The highest BCUT2D eigenvalue weighted by Crippen LogP contribution is 2.31. The summed E-state index contributed by atoms with van der Waals surface area (Å²) in [6.45, 7) is 1.79. The van der Waals surface area contributed by atoms with Gasteiger partial charge in [-0.25, -0.2) is 0 Å². The van der Waals surface area contributed by atoms with E-state index < -0.39 is 17.9 Å². The van der Waals surface area contributed by atoms with Gasteiger partial charge in [-0.3, -0.25) is 9.59 Å². The number of carbonyl (C=O) groups is 2. The Balaban J connectivity index is 2.24. The molecule has 2 N–H and O–H groups in total. The van der Waals surface area contributed by atoms with Crippen LogP contribution in [0.2, 0.25) is 0 Å². The topological polar surface area (TPSA) is 84.9 Å². The van der Waals surface area contributed by atoms with E-state index in [-0.39, 0.29) is 12.3 Å². The van der Waals surface area contributed by atoms with Crippen molar-refractivity contribution in [1.82, 2.24) is 5.32 Å². The second-order valence-corrected chi connectivity index (χ2v) is 5.91. The molecule has 2 atom stereocenters. The Morgan fingerprint density at radius 1 is 1.00 bits per heavy atom. The molecule has 26 heavy (non-hydrogen) atoms. The number of rotatable bonds is 8. The molecule has 2 unspecified atom stereocenters. The number of carbonyl (C=O) groups excluding carboxylic acids is 1. The van der Waals surface area contributed by atoms with Crippen molar-refractivity contribution in [3.05, 3.63) is 59.7 Å². The first-order valence-corrected chi connectivity index (χ1v) is 8.25. The fourth-order valence-electron chi connectivity index (χ4n) is 2.69. The molecule has 2 aromatic rings. The van der Waals surface area contributed by atoms with E-state index >= 15 is 0 Å². The van der Waals surface area contributed by atoms with Crippen LogP contribution in [-0.4, -0.2) is 31.2 Å². The number of carboxylic acids is 1. The molecule has 0 aromatic heterocycles. The maximum atomic E-state index is 12.6. The fraction of sp³-hybridized carbons (Fsp3) is 0.300. The minimum atomic E-state index is -1.00. The third-order valence-corrected chi connectivity index (χ3v) is 4.20. The number of hydrogen-bond acceptors (Lipinski definition) is 4. The van der Waals surface area contributed by atoms with Crippen LogP contribution in [0.1, 0.15) is 36.4 Å². The summed E-state index contributed by atoms with van der Waals surface area (Å²) in [5.41, 5.74) is 1.50. The molecule has 138 valence electrons. The highest BCUT2D eigenvalue weighted by Gasteiger charge is 2.23. The minimum absolute atomic E-state index is 0.233. The molecule has 0 fully saturated rings. The van der Waals surface area contributed by atoms with Crippen molar-refractivity contribution >= 4 is 11.9 Å². The normalized spacial score (nSPS) is 12.7. The van der Waals surface area contributed by atoms with Crippen LogP contribution in [0.3, 0.4) is 0 Å². The van der Waals surface area contributed by atoms with E-state index in [2.05, 4.69) is 5.32 Å². The van der Waals surface area contributed by atoms with Crippen molar-refractivity contribution in [2.75, 3.05) is 14.2 Å². The Morgan fingerprint density at radius 2 is 1.65 bits per heavy atom. The predicted octanol–water partition coefficient (Wildman–Crippen LogP) is 3.14. The third-order valence-electron chi connectivity index (χ3n) is 4.20. The van der Waals surface area contributed by atoms with Gasteiger partial charge in [-0.15, -0.1) is 0 Å². The van der Waals surface area contributed by atoms with Gasteiger partial charge in [0.15, 0.2) is 11.5 Å². The van der Waals surface area contributed by atoms with Gasteiger partial charge in [0.25, 0.3) is 0 Å². The molecule has 6 heteroatoms. The Labute approximate surface area is 152 Å². The van der Waals surface area contributed by atoms with Crippen molar-refractivity contribution in [2.45, 2.75) is 25.3 Å². The Kier molecular flexibility index (Phi) is 6.60. The second kappa shape index (κ2) is 8.89. The number of benzene rings is 2. The molecule has 2 aromatic carbocycles. The lowest BCUT2D eigenvalue weighted by Gasteiger charge is -2.21. The Morgan fingerprint density at radius 3 is 2.23 bits per heavy atom. The molecular weight excluding hydrogens is 334 g/mol. The van der Waals surface area contributed by atoms with Gasteiger partial charge >= 0.3 is 5.97 Å². The minimum Gasteiger partial charge on any atom is -0.493 e. The summed E-state index contributed by atoms with van der Waals surface area (Å²) in [5.74, 6) is -0.623. The lowest BCUT2D eigenvalue weighted by molar-refractivity contribution is -0.137. The first-order chi connectivity index (χ1) is 12.5. The average Bonchev–Trinajstić information content (AvgIpc) is 2.66. The third kappa shape index (κ3) is 4.75. The number of methoxy groups -OCH3 is 2. The van der Waals surface area contributed by atoms with Crippen molar-refractivity contribution in [1.29, 1.82) is 0 Å². The highest BCUT2D eigenvalue weighted by atomic mass is 16.5. The van der Waals surface area contributed by atoms with Gasteiger partial charge in [-0.2, -0.15) is 0 Å². The fourth-order valence-corrected chi connectivity index (χ4v) is 2.69. The average molecular weight is 357 g/mol. The molecule has 0 aliphatic heterocycles. The van der Waals surface area contributed by atoms with Gasteiger partial charge in [0, 0.05) is 0 Å². The predicted molar refractivity (Wildman–Crippen MR) is 97.5 cm³/mol. The monoisotopic (exact) mass is 357 g/mol. The number of ether oxygens (including phenoxy) is 2. The zero-order valence-corrected chi connectivity index (χ0v) is 15.1.